The van der Waals surface area contributed by atoms with E-state index in [0.717, 1.165) is 81.8 Å². The zero-order chi connectivity index (χ0) is 22.9. The minimum absolute atomic E-state index is 0.504. The summed E-state index contributed by atoms with van der Waals surface area (Å²) in [6.45, 7) is 8.73. The summed E-state index contributed by atoms with van der Waals surface area (Å²) >= 11 is 0. The molecule has 3 heterocycles. The highest BCUT2D eigenvalue weighted by atomic mass is 16.5. The number of benzene rings is 1. The monoisotopic (exact) mass is 453 g/mol. The lowest BCUT2D eigenvalue weighted by Gasteiger charge is -2.29. The molecule has 2 aliphatic heterocycles. The van der Waals surface area contributed by atoms with Gasteiger partial charge in [0.2, 0.25) is 5.88 Å². The van der Waals surface area contributed by atoms with E-state index in [1.807, 2.05) is 32.4 Å². The molecule has 0 amide bonds. The second-order valence-corrected chi connectivity index (χ2v) is 8.52. The van der Waals surface area contributed by atoms with E-state index >= 15 is 0 Å². The van der Waals surface area contributed by atoms with Crippen LogP contribution in [0.25, 0.3) is 0 Å². The minimum atomic E-state index is 0.504. The van der Waals surface area contributed by atoms with Gasteiger partial charge in [-0.05, 0) is 23.8 Å². The maximum absolute atomic E-state index is 6.08. The molecule has 0 aliphatic carbocycles. The van der Waals surface area contributed by atoms with Gasteiger partial charge in [0, 0.05) is 70.5 Å². The number of aliphatic imine (C=N–C) groups is 1. The smallest absolute Gasteiger partial charge is 0.215 e. The van der Waals surface area contributed by atoms with Crippen LogP contribution in [0.15, 0.2) is 41.4 Å². The Morgan fingerprint density at radius 2 is 1.79 bits per heavy atom. The molecule has 8 nitrogen and oxygen atoms in total. The molecule has 0 bridgehead atoms. The maximum atomic E-state index is 6.08. The van der Waals surface area contributed by atoms with Gasteiger partial charge in [-0.25, -0.2) is 4.98 Å². The Labute approximate surface area is 196 Å². The number of morpholine rings is 2. The third-order valence-electron chi connectivity index (χ3n) is 5.86. The standard InChI is InChI=1S/C25H35N5O3/c1-28(2)23-5-3-4-21(16-23)19-26-20-22-17-24(30-9-13-32-14-10-30)18-25(27-22)33-15-8-29-6-11-31-12-7-29/h3-5,16-19H,6-15,20H2,1-2H3. The van der Waals surface area contributed by atoms with Crippen LogP contribution in [0.4, 0.5) is 11.4 Å². The van der Waals surface area contributed by atoms with E-state index in [0.29, 0.717) is 19.0 Å². The van der Waals surface area contributed by atoms with E-state index in [9.17, 15) is 0 Å². The first-order valence-corrected chi connectivity index (χ1v) is 11.7. The molecule has 1 aromatic heterocycles. The van der Waals surface area contributed by atoms with Crippen molar-refractivity contribution in [3.8, 4) is 5.88 Å². The Bertz CT molecular complexity index is 909. The second-order valence-electron chi connectivity index (χ2n) is 8.52. The van der Waals surface area contributed by atoms with Crippen LogP contribution in [0.5, 0.6) is 5.88 Å². The van der Waals surface area contributed by atoms with Gasteiger partial charge < -0.3 is 24.0 Å². The Hall–Kier alpha value is -2.68. The Balaban J connectivity index is 1.43. The first-order chi connectivity index (χ1) is 16.2. The summed E-state index contributed by atoms with van der Waals surface area (Å²) in [5, 5.41) is 0. The number of nitrogens with zero attached hydrogens (tertiary/aromatic N) is 5. The van der Waals surface area contributed by atoms with Crippen molar-refractivity contribution in [3.63, 3.8) is 0 Å². The molecule has 1 aromatic carbocycles. The first kappa shape index (κ1) is 23.5. The molecule has 2 aromatic rings. The van der Waals surface area contributed by atoms with E-state index in [2.05, 4.69) is 44.0 Å². The predicted molar refractivity (Wildman–Crippen MR) is 132 cm³/mol. The minimum Gasteiger partial charge on any atom is -0.476 e. The number of rotatable bonds is 9. The van der Waals surface area contributed by atoms with Crippen molar-refractivity contribution < 1.29 is 14.2 Å². The Morgan fingerprint density at radius 1 is 1.03 bits per heavy atom. The van der Waals surface area contributed by atoms with E-state index in [1.54, 1.807) is 0 Å². The lowest BCUT2D eigenvalue weighted by atomic mass is 10.2. The summed E-state index contributed by atoms with van der Waals surface area (Å²) in [4.78, 5) is 16.2. The van der Waals surface area contributed by atoms with Gasteiger partial charge >= 0.3 is 0 Å². The van der Waals surface area contributed by atoms with Crippen molar-refractivity contribution >= 4 is 17.6 Å². The summed E-state index contributed by atoms with van der Waals surface area (Å²) in [7, 11) is 4.08. The van der Waals surface area contributed by atoms with Crippen LogP contribution in [0, 0.1) is 0 Å². The normalized spacial score (nSPS) is 17.5. The summed E-state index contributed by atoms with van der Waals surface area (Å²) in [5.41, 5.74) is 4.25. The number of anilines is 2. The predicted octanol–water partition coefficient (Wildman–Crippen LogP) is 2.31. The van der Waals surface area contributed by atoms with Crippen LogP contribution in [-0.4, -0.2) is 96.0 Å². The summed E-state index contributed by atoms with van der Waals surface area (Å²) in [5.74, 6) is 0.659. The fourth-order valence-electron chi connectivity index (χ4n) is 3.94. The molecule has 0 N–H and O–H groups in total. The van der Waals surface area contributed by atoms with E-state index in [1.165, 1.54) is 0 Å². The van der Waals surface area contributed by atoms with Crippen LogP contribution < -0.4 is 14.5 Å². The van der Waals surface area contributed by atoms with Gasteiger partial charge in [-0.2, -0.15) is 0 Å². The van der Waals surface area contributed by atoms with Crippen molar-refractivity contribution in [2.24, 2.45) is 4.99 Å². The summed E-state index contributed by atoms with van der Waals surface area (Å²) in [6, 6.07) is 12.5. The molecule has 4 rings (SSSR count). The molecule has 0 saturated carbocycles. The average molecular weight is 454 g/mol. The molecule has 0 radical (unpaired) electrons. The number of aromatic nitrogens is 1. The molecule has 0 spiro atoms. The fourth-order valence-corrected chi connectivity index (χ4v) is 3.94. The topological polar surface area (TPSA) is 62.7 Å². The van der Waals surface area contributed by atoms with Gasteiger partial charge in [-0.1, -0.05) is 12.1 Å². The van der Waals surface area contributed by atoms with Crippen LogP contribution in [0.2, 0.25) is 0 Å². The summed E-state index contributed by atoms with van der Waals surface area (Å²) in [6.07, 6.45) is 1.91. The maximum Gasteiger partial charge on any atom is 0.215 e. The van der Waals surface area contributed by atoms with E-state index in [4.69, 9.17) is 19.2 Å². The molecular formula is C25H35N5O3. The van der Waals surface area contributed by atoms with Crippen LogP contribution in [-0.2, 0) is 16.0 Å². The second kappa shape index (κ2) is 12.0. The summed E-state index contributed by atoms with van der Waals surface area (Å²) < 4.78 is 17.0. The number of ether oxygens (including phenoxy) is 3. The molecule has 33 heavy (non-hydrogen) atoms. The highest BCUT2D eigenvalue weighted by Crippen LogP contribution is 2.23. The van der Waals surface area contributed by atoms with E-state index in [-0.39, 0.29) is 0 Å². The molecule has 0 atom stereocenters. The molecule has 0 unspecified atom stereocenters. The SMILES string of the molecule is CN(C)c1cccc(C=NCc2cc(N3CCOCC3)cc(OCCN3CCOCC3)n2)c1. The van der Waals surface area contributed by atoms with Crippen molar-refractivity contribution in [1.29, 1.82) is 0 Å². The third-order valence-corrected chi connectivity index (χ3v) is 5.86. The van der Waals surface area contributed by atoms with Gasteiger partial charge in [-0.3, -0.25) is 9.89 Å². The van der Waals surface area contributed by atoms with Crippen molar-refractivity contribution in [2.75, 3.05) is 89.7 Å². The largest absolute Gasteiger partial charge is 0.476 e. The molecular weight excluding hydrogens is 418 g/mol. The molecule has 8 heteroatoms. The molecule has 178 valence electrons. The highest BCUT2D eigenvalue weighted by Gasteiger charge is 2.15. The van der Waals surface area contributed by atoms with Gasteiger partial charge in [0.25, 0.3) is 0 Å². The Morgan fingerprint density at radius 3 is 2.55 bits per heavy atom. The van der Waals surface area contributed by atoms with Gasteiger partial charge in [0.15, 0.2) is 0 Å². The van der Waals surface area contributed by atoms with Crippen LogP contribution in [0.3, 0.4) is 0 Å². The van der Waals surface area contributed by atoms with E-state index < -0.39 is 0 Å². The molecule has 2 fully saturated rings. The number of pyridine rings is 1. The average Bonchev–Trinajstić information content (AvgIpc) is 2.85. The van der Waals surface area contributed by atoms with Crippen LogP contribution >= 0.6 is 0 Å². The zero-order valence-corrected chi connectivity index (χ0v) is 19.8. The van der Waals surface area contributed by atoms with Gasteiger partial charge in [-0.15, -0.1) is 0 Å². The Kier molecular flexibility index (Phi) is 8.52. The van der Waals surface area contributed by atoms with Crippen molar-refractivity contribution in [3.05, 3.63) is 47.7 Å². The lowest BCUT2D eigenvalue weighted by molar-refractivity contribution is 0.0320. The van der Waals surface area contributed by atoms with Crippen molar-refractivity contribution in [1.82, 2.24) is 9.88 Å². The lowest BCUT2D eigenvalue weighted by Crippen LogP contribution is -2.38. The zero-order valence-electron chi connectivity index (χ0n) is 19.8. The number of hydrogen-bond donors (Lipinski definition) is 0. The third kappa shape index (κ3) is 7.15. The number of hydrogen-bond acceptors (Lipinski definition) is 8. The van der Waals surface area contributed by atoms with Gasteiger partial charge in [0.1, 0.15) is 6.61 Å². The molecule has 2 saturated heterocycles. The fraction of sp³-hybridized carbons (Fsp3) is 0.520. The molecule has 2 aliphatic rings. The van der Waals surface area contributed by atoms with Crippen LogP contribution in [0.1, 0.15) is 11.3 Å². The quantitative estimate of drug-likeness (QED) is 0.540. The van der Waals surface area contributed by atoms with Gasteiger partial charge in [0.05, 0.1) is 38.7 Å². The van der Waals surface area contributed by atoms with Crippen molar-refractivity contribution in [2.45, 2.75) is 6.54 Å². The first-order valence-electron chi connectivity index (χ1n) is 11.7. The highest BCUT2D eigenvalue weighted by molar-refractivity contribution is 5.81.